The van der Waals surface area contributed by atoms with Gasteiger partial charge >= 0.3 is 5.69 Å². The number of nitrogens with zero attached hydrogens (tertiary/aromatic N) is 4. The number of amides is 1. The molecular formula is C16H16ClN5O3. The van der Waals surface area contributed by atoms with Crippen molar-refractivity contribution in [2.45, 2.75) is 13.5 Å². The average Bonchev–Trinajstić information content (AvgIpc) is 2.96. The zero-order valence-corrected chi connectivity index (χ0v) is 14.7. The molecule has 130 valence electrons. The fourth-order valence-corrected chi connectivity index (χ4v) is 2.79. The normalized spacial score (nSPS) is 11.0. The third-order valence-electron chi connectivity index (χ3n) is 4.04. The molecule has 9 heteroatoms. The van der Waals surface area contributed by atoms with Crippen molar-refractivity contribution in [2.75, 3.05) is 5.32 Å². The summed E-state index contributed by atoms with van der Waals surface area (Å²) in [5.41, 5.74) is 0.614. The van der Waals surface area contributed by atoms with Crippen LogP contribution in [0.4, 0.5) is 5.69 Å². The Morgan fingerprint density at radius 3 is 2.72 bits per heavy atom. The molecule has 0 saturated heterocycles. The van der Waals surface area contributed by atoms with Crippen LogP contribution in [-0.4, -0.2) is 24.6 Å². The SMILES string of the molecule is Cc1c(Cl)cccc1NC(=O)Cn1c(=O)c2c(ncn2C)n(C)c1=O. The zero-order chi connectivity index (χ0) is 18.3. The van der Waals surface area contributed by atoms with Gasteiger partial charge in [-0.25, -0.2) is 14.3 Å². The Labute approximate surface area is 147 Å². The van der Waals surface area contributed by atoms with Gasteiger partial charge in [-0.1, -0.05) is 17.7 Å². The third-order valence-corrected chi connectivity index (χ3v) is 4.45. The topological polar surface area (TPSA) is 90.9 Å². The van der Waals surface area contributed by atoms with Crippen LogP contribution in [0.25, 0.3) is 11.2 Å². The van der Waals surface area contributed by atoms with E-state index in [0.717, 1.165) is 4.57 Å². The van der Waals surface area contributed by atoms with E-state index in [1.54, 1.807) is 32.2 Å². The number of rotatable bonds is 3. The van der Waals surface area contributed by atoms with Crippen molar-refractivity contribution in [1.29, 1.82) is 0 Å². The summed E-state index contributed by atoms with van der Waals surface area (Å²) in [5, 5.41) is 3.19. The summed E-state index contributed by atoms with van der Waals surface area (Å²) in [5.74, 6) is -0.494. The Morgan fingerprint density at radius 1 is 1.28 bits per heavy atom. The van der Waals surface area contributed by atoms with Crippen molar-refractivity contribution in [3.8, 4) is 0 Å². The average molecular weight is 362 g/mol. The van der Waals surface area contributed by atoms with Crippen LogP contribution in [0.5, 0.6) is 0 Å². The summed E-state index contributed by atoms with van der Waals surface area (Å²) < 4.78 is 3.65. The molecule has 1 aromatic carbocycles. The number of carbonyl (C=O) groups is 1. The van der Waals surface area contributed by atoms with E-state index in [9.17, 15) is 14.4 Å². The van der Waals surface area contributed by atoms with Crippen molar-refractivity contribution in [3.63, 3.8) is 0 Å². The molecule has 2 heterocycles. The highest BCUT2D eigenvalue weighted by atomic mass is 35.5. The van der Waals surface area contributed by atoms with Crippen LogP contribution in [0.1, 0.15) is 5.56 Å². The standard InChI is InChI=1S/C16H16ClN5O3/c1-9-10(17)5-4-6-11(9)19-12(23)7-22-15(24)13-14(18-8-20(13)2)21(3)16(22)25/h4-6,8H,7H2,1-3H3,(H,19,23). The third kappa shape index (κ3) is 2.85. The maximum atomic E-state index is 12.6. The van der Waals surface area contributed by atoms with Crippen LogP contribution >= 0.6 is 11.6 Å². The quantitative estimate of drug-likeness (QED) is 0.754. The van der Waals surface area contributed by atoms with Crippen molar-refractivity contribution in [1.82, 2.24) is 18.7 Å². The van der Waals surface area contributed by atoms with E-state index < -0.39 is 23.7 Å². The van der Waals surface area contributed by atoms with Gasteiger partial charge in [0.05, 0.1) is 6.33 Å². The molecule has 0 aliphatic carbocycles. The van der Waals surface area contributed by atoms with Crippen LogP contribution in [0, 0.1) is 6.92 Å². The van der Waals surface area contributed by atoms with Crippen molar-refractivity contribution in [2.24, 2.45) is 14.1 Å². The predicted molar refractivity (Wildman–Crippen MR) is 95.0 cm³/mol. The molecule has 1 N–H and O–H groups in total. The van der Waals surface area contributed by atoms with E-state index in [-0.39, 0.29) is 11.2 Å². The zero-order valence-electron chi connectivity index (χ0n) is 13.9. The maximum absolute atomic E-state index is 12.6. The molecule has 0 bridgehead atoms. The number of imidazole rings is 1. The molecule has 3 aromatic rings. The Kier molecular flexibility index (Phi) is 4.22. The second-order valence-electron chi connectivity index (χ2n) is 5.72. The van der Waals surface area contributed by atoms with Crippen LogP contribution in [0.2, 0.25) is 5.02 Å². The highest BCUT2D eigenvalue weighted by Gasteiger charge is 2.17. The number of benzene rings is 1. The summed E-state index contributed by atoms with van der Waals surface area (Å²) in [6.07, 6.45) is 1.45. The minimum atomic E-state index is -0.603. The molecule has 0 aliphatic rings. The van der Waals surface area contributed by atoms with Crippen molar-refractivity contribution >= 4 is 34.4 Å². The largest absolute Gasteiger partial charge is 0.332 e. The summed E-state index contributed by atoms with van der Waals surface area (Å²) in [7, 11) is 3.16. The molecule has 8 nitrogen and oxygen atoms in total. The number of aromatic nitrogens is 4. The molecule has 0 spiro atoms. The number of halogens is 1. The van der Waals surface area contributed by atoms with Crippen LogP contribution in [-0.2, 0) is 25.4 Å². The molecule has 0 unspecified atom stereocenters. The Morgan fingerprint density at radius 2 is 2.00 bits per heavy atom. The van der Waals surface area contributed by atoms with E-state index in [4.69, 9.17) is 11.6 Å². The minimum Gasteiger partial charge on any atom is -0.328 e. The summed E-state index contributed by atoms with van der Waals surface area (Å²) >= 11 is 6.03. The second-order valence-corrected chi connectivity index (χ2v) is 6.13. The molecule has 0 fully saturated rings. The Bertz CT molecular complexity index is 1110. The molecule has 25 heavy (non-hydrogen) atoms. The minimum absolute atomic E-state index is 0.258. The number of hydrogen-bond acceptors (Lipinski definition) is 4. The second kappa shape index (κ2) is 6.21. The molecule has 0 saturated carbocycles. The van der Waals surface area contributed by atoms with Gasteiger partial charge in [-0.3, -0.25) is 14.2 Å². The molecular weight excluding hydrogens is 346 g/mol. The molecule has 0 radical (unpaired) electrons. The van der Waals surface area contributed by atoms with Gasteiger partial charge in [0.1, 0.15) is 6.54 Å². The first-order valence-electron chi connectivity index (χ1n) is 7.47. The summed E-state index contributed by atoms with van der Waals surface area (Å²) in [4.78, 5) is 41.4. The molecule has 0 atom stereocenters. The van der Waals surface area contributed by atoms with E-state index in [1.165, 1.54) is 22.5 Å². The highest BCUT2D eigenvalue weighted by Crippen LogP contribution is 2.22. The Hall–Kier alpha value is -2.87. The lowest BCUT2D eigenvalue weighted by Gasteiger charge is -2.11. The molecule has 0 aliphatic heterocycles. The predicted octanol–water partition coefficient (Wildman–Crippen LogP) is 1.03. The monoisotopic (exact) mass is 361 g/mol. The van der Waals surface area contributed by atoms with Crippen LogP contribution < -0.4 is 16.6 Å². The number of fused-ring (bicyclic) bond motifs is 1. The smallest absolute Gasteiger partial charge is 0.328 e. The van der Waals surface area contributed by atoms with E-state index in [2.05, 4.69) is 10.3 Å². The lowest BCUT2D eigenvalue weighted by atomic mass is 10.2. The van der Waals surface area contributed by atoms with Gasteiger partial charge in [0, 0.05) is 24.8 Å². The van der Waals surface area contributed by atoms with Crippen LogP contribution in [0.15, 0.2) is 34.1 Å². The van der Waals surface area contributed by atoms with Gasteiger partial charge in [-0.15, -0.1) is 0 Å². The Balaban J connectivity index is 1.99. The van der Waals surface area contributed by atoms with Gasteiger partial charge in [0.15, 0.2) is 11.2 Å². The maximum Gasteiger partial charge on any atom is 0.332 e. The number of aryl methyl sites for hydroxylation is 2. The number of anilines is 1. The fraction of sp³-hybridized carbons (Fsp3) is 0.250. The summed E-state index contributed by atoms with van der Waals surface area (Å²) in [6, 6.07) is 5.12. The van der Waals surface area contributed by atoms with E-state index in [1.807, 2.05) is 0 Å². The first kappa shape index (κ1) is 17.0. The lowest BCUT2D eigenvalue weighted by molar-refractivity contribution is -0.116. The van der Waals surface area contributed by atoms with Crippen molar-refractivity contribution in [3.05, 3.63) is 56.0 Å². The molecule has 3 rings (SSSR count). The van der Waals surface area contributed by atoms with E-state index >= 15 is 0 Å². The number of hydrogen-bond donors (Lipinski definition) is 1. The van der Waals surface area contributed by atoms with Gasteiger partial charge in [-0.05, 0) is 24.6 Å². The summed E-state index contributed by atoms with van der Waals surface area (Å²) in [6.45, 7) is 1.36. The van der Waals surface area contributed by atoms with Gasteiger partial charge < -0.3 is 9.88 Å². The first-order valence-corrected chi connectivity index (χ1v) is 7.85. The first-order chi connectivity index (χ1) is 11.8. The van der Waals surface area contributed by atoms with Gasteiger partial charge in [0.2, 0.25) is 5.91 Å². The van der Waals surface area contributed by atoms with Gasteiger partial charge in [0.25, 0.3) is 5.56 Å². The molecule has 1 amide bonds. The van der Waals surface area contributed by atoms with Crippen LogP contribution in [0.3, 0.4) is 0 Å². The highest BCUT2D eigenvalue weighted by molar-refractivity contribution is 6.31. The number of carbonyl (C=O) groups excluding carboxylic acids is 1. The van der Waals surface area contributed by atoms with E-state index in [0.29, 0.717) is 16.3 Å². The number of nitrogens with one attached hydrogen (secondary N) is 1. The molecule has 2 aromatic heterocycles. The lowest BCUT2D eigenvalue weighted by Crippen LogP contribution is -2.42. The fourth-order valence-electron chi connectivity index (χ4n) is 2.61. The van der Waals surface area contributed by atoms with Crippen molar-refractivity contribution < 1.29 is 4.79 Å². The van der Waals surface area contributed by atoms with Gasteiger partial charge in [-0.2, -0.15) is 0 Å².